The van der Waals surface area contributed by atoms with E-state index in [1.807, 2.05) is 0 Å². The van der Waals surface area contributed by atoms with Crippen LogP contribution in [0.4, 0.5) is 0 Å². The molecular formula is C29H32N2O9. The number of aldehydes is 1. The van der Waals surface area contributed by atoms with E-state index in [1.54, 1.807) is 0 Å². The predicted molar refractivity (Wildman–Crippen MR) is 144 cm³/mol. The van der Waals surface area contributed by atoms with Crippen molar-refractivity contribution in [2.24, 2.45) is 5.73 Å². The number of carbonyl (C=O) groups is 2. The fraction of sp³-hybridized carbons (Fsp3) is 0.310. The fourth-order valence-corrected chi connectivity index (χ4v) is 4.42. The van der Waals surface area contributed by atoms with Crippen LogP contribution in [0.2, 0.25) is 0 Å². The highest BCUT2D eigenvalue weighted by atomic mass is 16.5. The zero-order valence-corrected chi connectivity index (χ0v) is 21.8. The Kier molecular flexibility index (Phi) is 9.70. The van der Waals surface area contributed by atoms with Gasteiger partial charge in [-0.1, -0.05) is 6.07 Å². The third-order valence-electron chi connectivity index (χ3n) is 6.30. The lowest BCUT2D eigenvalue weighted by atomic mass is 9.76. The van der Waals surface area contributed by atoms with Crippen LogP contribution < -0.4 is 15.8 Å². The first kappa shape index (κ1) is 29.0. The van der Waals surface area contributed by atoms with E-state index in [9.17, 15) is 24.9 Å². The second kappa shape index (κ2) is 13.4. The minimum absolute atomic E-state index is 0.0984. The number of phenols is 2. The molecule has 0 saturated heterocycles. The molecule has 0 radical (unpaired) electrons. The van der Waals surface area contributed by atoms with Gasteiger partial charge in [-0.2, -0.15) is 0 Å². The third-order valence-corrected chi connectivity index (χ3v) is 6.30. The molecule has 0 atom stereocenters. The van der Waals surface area contributed by atoms with Gasteiger partial charge in [-0.15, -0.1) is 0 Å². The first-order chi connectivity index (χ1) is 19.4. The van der Waals surface area contributed by atoms with Crippen molar-refractivity contribution >= 4 is 12.2 Å². The van der Waals surface area contributed by atoms with Crippen molar-refractivity contribution in [1.82, 2.24) is 5.32 Å². The van der Waals surface area contributed by atoms with Crippen LogP contribution in [-0.2, 0) is 19.8 Å². The minimum atomic E-state index is -1.94. The van der Waals surface area contributed by atoms with Gasteiger partial charge in [-0.25, -0.2) is 0 Å². The molecule has 0 aliphatic carbocycles. The largest absolute Gasteiger partial charge is 0.508 e. The van der Waals surface area contributed by atoms with Gasteiger partial charge in [0.05, 0.1) is 39.6 Å². The molecule has 3 aromatic rings. The summed E-state index contributed by atoms with van der Waals surface area (Å²) in [6.07, 6.45) is 0.588. The van der Waals surface area contributed by atoms with Gasteiger partial charge in [0.15, 0.2) is 0 Å². The average molecular weight is 553 g/mol. The molecule has 0 aromatic heterocycles. The first-order valence-electron chi connectivity index (χ1n) is 12.8. The van der Waals surface area contributed by atoms with E-state index in [2.05, 4.69) is 5.32 Å². The van der Waals surface area contributed by atoms with E-state index in [0.717, 1.165) is 0 Å². The van der Waals surface area contributed by atoms with Crippen LogP contribution in [0.1, 0.15) is 37.4 Å². The number of nitrogens with one attached hydrogen (secondary N) is 1. The summed E-state index contributed by atoms with van der Waals surface area (Å²) in [7, 11) is 0. The number of ether oxygens (including phenoxy) is 4. The summed E-state index contributed by atoms with van der Waals surface area (Å²) in [5.74, 6) is -0.353. The molecule has 212 valence electrons. The Morgan fingerprint density at radius 2 is 1.40 bits per heavy atom. The van der Waals surface area contributed by atoms with Crippen LogP contribution in [0, 0.1) is 0 Å². The lowest BCUT2D eigenvalue weighted by Crippen LogP contribution is -2.34. The Labute approximate surface area is 231 Å². The Morgan fingerprint density at radius 3 is 1.98 bits per heavy atom. The van der Waals surface area contributed by atoms with Gasteiger partial charge in [0, 0.05) is 53.0 Å². The first-order valence-corrected chi connectivity index (χ1v) is 12.8. The number of phenolic OH excluding ortho intramolecular Hbond substituents is 2. The summed E-state index contributed by atoms with van der Waals surface area (Å²) in [5, 5.41) is 35.0. The maximum atomic E-state index is 12.9. The molecule has 1 aliphatic heterocycles. The molecule has 0 unspecified atom stereocenters. The Hall–Kier alpha value is -4.00. The number of amides is 1. The Balaban J connectivity index is 1.48. The van der Waals surface area contributed by atoms with E-state index in [4.69, 9.17) is 24.7 Å². The number of nitrogens with two attached hydrogens (primary N) is 1. The molecule has 1 aliphatic rings. The number of rotatable bonds is 14. The second-order valence-corrected chi connectivity index (χ2v) is 8.97. The topological polar surface area (TPSA) is 170 Å². The molecule has 0 saturated carbocycles. The van der Waals surface area contributed by atoms with Crippen LogP contribution in [0.25, 0.3) is 0 Å². The molecule has 4 rings (SSSR count). The molecule has 6 N–H and O–H groups in total. The summed E-state index contributed by atoms with van der Waals surface area (Å²) in [4.78, 5) is 25.0. The van der Waals surface area contributed by atoms with Gasteiger partial charge in [0.1, 0.15) is 34.9 Å². The summed E-state index contributed by atoms with van der Waals surface area (Å²) in [5.41, 5.74) is 4.41. The van der Waals surface area contributed by atoms with E-state index in [0.29, 0.717) is 45.9 Å². The van der Waals surface area contributed by atoms with Gasteiger partial charge >= 0.3 is 0 Å². The number of aromatic hydroxyl groups is 2. The highest BCUT2D eigenvalue weighted by molar-refractivity contribution is 5.95. The number of fused-ring (bicyclic) bond motifs is 2. The van der Waals surface area contributed by atoms with E-state index < -0.39 is 11.5 Å². The Morgan fingerprint density at radius 1 is 0.825 bits per heavy atom. The summed E-state index contributed by atoms with van der Waals surface area (Å²) in [6, 6.07) is 12.8. The quantitative estimate of drug-likeness (QED) is 0.147. The lowest BCUT2D eigenvalue weighted by molar-refractivity contribution is 0.0166. The smallest absolute Gasteiger partial charge is 0.251 e. The third kappa shape index (κ3) is 6.41. The fourth-order valence-electron chi connectivity index (χ4n) is 4.42. The molecule has 3 aromatic carbocycles. The molecule has 40 heavy (non-hydrogen) atoms. The molecule has 1 heterocycles. The van der Waals surface area contributed by atoms with Crippen LogP contribution >= 0.6 is 0 Å². The van der Waals surface area contributed by atoms with Crippen LogP contribution in [0.5, 0.6) is 23.0 Å². The monoisotopic (exact) mass is 552 g/mol. The highest BCUT2D eigenvalue weighted by Crippen LogP contribution is 2.52. The summed E-state index contributed by atoms with van der Waals surface area (Å²) < 4.78 is 21.9. The van der Waals surface area contributed by atoms with Crippen molar-refractivity contribution < 1.29 is 43.9 Å². The van der Waals surface area contributed by atoms with Crippen molar-refractivity contribution in [3.05, 3.63) is 82.4 Å². The van der Waals surface area contributed by atoms with Crippen molar-refractivity contribution in [3.8, 4) is 23.0 Å². The van der Waals surface area contributed by atoms with Crippen molar-refractivity contribution in [1.29, 1.82) is 0 Å². The lowest BCUT2D eigenvalue weighted by Gasteiger charge is -2.37. The number of carbonyl (C=O) groups excluding carboxylic acids is 2. The van der Waals surface area contributed by atoms with Crippen molar-refractivity contribution in [2.45, 2.75) is 5.60 Å². The maximum absolute atomic E-state index is 12.9. The number of aliphatic hydroxyl groups is 1. The molecule has 11 nitrogen and oxygen atoms in total. The van der Waals surface area contributed by atoms with Gasteiger partial charge in [-0.3, -0.25) is 9.59 Å². The SMILES string of the molecule is NCCOCCOCCOCCNC(=O)c1ccc(C=O)c(C2(O)c3ccc(O)cc3Oc3cc(O)ccc32)c1. The summed E-state index contributed by atoms with van der Waals surface area (Å²) >= 11 is 0. The van der Waals surface area contributed by atoms with E-state index in [-0.39, 0.29) is 64.0 Å². The second-order valence-electron chi connectivity index (χ2n) is 8.97. The van der Waals surface area contributed by atoms with Crippen molar-refractivity contribution in [3.63, 3.8) is 0 Å². The van der Waals surface area contributed by atoms with Crippen LogP contribution in [0.15, 0.2) is 54.6 Å². The molecule has 1 amide bonds. The normalized spacial score (nSPS) is 13.2. The average Bonchev–Trinajstić information content (AvgIpc) is 2.95. The van der Waals surface area contributed by atoms with Crippen LogP contribution in [-0.4, -0.2) is 80.2 Å². The van der Waals surface area contributed by atoms with Gasteiger partial charge in [0.25, 0.3) is 5.91 Å². The van der Waals surface area contributed by atoms with Gasteiger partial charge in [-0.05, 0) is 36.4 Å². The van der Waals surface area contributed by atoms with Crippen LogP contribution in [0.3, 0.4) is 0 Å². The zero-order valence-electron chi connectivity index (χ0n) is 21.8. The van der Waals surface area contributed by atoms with E-state index >= 15 is 0 Å². The molecule has 0 spiro atoms. The Bertz CT molecular complexity index is 1290. The maximum Gasteiger partial charge on any atom is 0.251 e. The molecule has 11 heteroatoms. The highest BCUT2D eigenvalue weighted by Gasteiger charge is 2.44. The molecular weight excluding hydrogens is 520 g/mol. The molecule has 0 fully saturated rings. The standard InChI is InChI=1S/C29H32N2O9/c30-7-9-37-11-13-39-14-12-38-10-8-31-28(35)19-1-2-20(18-32)25(15-19)29(36)23-5-3-21(33)16-26(23)40-27-17-22(34)4-6-24(27)29/h1-6,15-18,33-34,36H,7-14,30H2,(H,31,35). The predicted octanol–water partition coefficient (Wildman–Crippen LogP) is 2.04. The van der Waals surface area contributed by atoms with Gasteiger partial charge < -0.3 is 45.3 Å². The zero-order chi connectivity index (χ0) is 28.5. The minimum Gasteiger partial charge on any atom is -0.508 e. The van der Waals surface area contributed by atoms with E-state index in [1.165, 1.54) is 54.6 Å². The molecule has 0 bridgehead atoms. The number of benzene rings is 3. The summed E-state index contributed by atoms with van der Waals surface area (Å²) in [6.45, 7) is 3.07. The number of hydrogen-bond acceptors (Lipinski definition) is 10. The van der Waals surface area contributed by atoms with Gasteiger partial charge in [0.2, 0.25) is 0 Å². The number of hydrogen-bond donors (Lipinski definition) is 5. The van der Waals surface area contributed by atoms with Crippen molar-refractivity contribution in [2.75, 3.05) is 52.7 Å².